The van der Waals surface area contributed by atoms with Gasteiger partial charge in [-0.25, -0.2) is 4.98 Å². The molecule has 0 radical (unpaired) electrons. The molecule has 2 aromatic rings. The number of hydrogen-bond donors (Lipinski definition) is 2. The molecule has 2 aromatic heterocycles. The molecule has 0 spiro atoms. The first-order chi connectivity index (χ1) is 11.9. The SMILES string of the molecule is CNC(=O)c1sc2nc(C3(C)CCCN(C(=O)CCl)C3)ccc2c1N. The van der Waals surface area contributed by atoms with Crippen molar-refractivity contribution < 1.29 is 9.59 Å². The lowest BCUT2D eigenvalue weighted by molar-refractivity contribution is -0.130. The molecule has 2 amide bonds. The number of nitrogens with two attached hydrogens (primary N) is 1. The summed E-state index contributed by atoms with van der Waals surface area (Å²) in [6.07, 6.45) is 1.86. The summed E-state index contributed by atoms with van der Waals surface area (Å²) < 4.78 is 0. The highest BCUT2D eigenvalue weighted by atomic mass is 35.5. The third-order valence-electron chi connectivity index (χ3n) is 4.81. The number of fused-ring (bicyclic) bond motifs is 1. The van der Waals surface area contributed by atoms with Gasteiger partial charge < -0.3 is 16.0 Å². The number of nitrogen functional groups attached to an aromatic ring is 1. The summed E-state index contributed by atoms with van der Waals surface area (Å²) in [4.78, 5) is 31.7. The van der Waals surface area contributed by atoms with E-state index in [4.69, 9.17) is 22.3 Å². The molecule has 0 aliphatic carbocycles. The van der Waals surface area contributed by atoms with Gasteiger partial charge in [0.15, 0.2) is 0 Å². The van der Waals surface area contributed by atoms with Crippen molar-refractivity contribution >= 4 is 50.7 Å². The zero-order valence-electron chi connectivity index (χ0n) is 14.3. The number of amides is 2. The number of halogens is 1. The highest BCUT2D eigenvalue weighted by Crippen LogP contribution is 2.37. The van der Waals surface area contributed by atoms with Crippen LogP contribution in [0.15, 0.2) is 12.1 Å². The van der Waals surface area contributed by atoms with Crippen LogP contribution in [0.25, 0.3) is 10.2 Å². The molecule has 1 aliphatic rings. The molecule has 25 heavy (non-hydrogen) atoms. The first kappa shape index (κ1) is 17.9. The Morgan fingerprint density at radius 3 is 2.92 bits per heavy atom. The van der Waals surface area contributed by atoms with Gasteiger partial charge >= 0.3 is 0 Å². The molecule has 1 unspecified atom stereocenters. The number of thiophene rings is 1. The first-order valence-electron chi connectivity index (χ1n) is 8.15. The Kier molecular flexibility index (Phi) is 4.88. The number of aromatic nitrogens is 1. The molecule has 1 atom stereocenters. The zero-order valence-corrected chi connectivity index (χ0v) is 15.8. The van der Waals surface area contributed by atoms with E-state index in [1.807, 2.05) is 12.1 Å². The minimum Gasteiger partial charge on any atom is -0.397 e. The summed E-state index contributed by atoms with van der Waals surface area (Å²) in [6.45, 7) is 3.45. The summed E-state index contributed by atoms with van der Waals surface area (Å²) in [7, 11) is 1.58. The van der Waals surface area contributed by atoms with Crippen LogP contribution in [0, 0.1) is 0 Å². The van der Waals surface area contributed by atoms with Gasteiger partial charge in [-0.2, -0.15) is 0 Å². The van der Waals surface area contributed by atoms with Crippen LogP contribution in [0.2, 0.25) is 0 Å². The summed E-state index contributed by atoms with van der Waals surface area (Å²) in [6, 6.07) is 3.87. The molecular formula is C17H21ClN4O2S. The number of nitrogens with one attached hydrogen (secondary N) is 1. The number of hydrogen-bond acceptors (Lipinski definition) is 5. The fourth-order valence-corrected chi connectivity index (χ4v) is 4.57. The second-order valence-electron chi connectivity index (χ2n) is 6.59. The number of rotatable bonds is 3. The van der Waals surface area contributed by atoms with Gasteiger partial charge in [0.25, 0.3) is 5.91 Å². The molecular weight excluding hydrogens is 360 g/mol. The fraction of sp³-hybridized carbons (Fsp3) is 0.471. The number of likely N-dealkylation sites (tertiary alicyclic amines) is 1. The monoisotopic (exact) mass is 380 g/mol. The highest BCUT2D eigenvalue weighted by molar-refractivity contribution is 7.21. The summed E-state index contributed by atoms with van der Waals surface area (Å²) in [5, 5.41) is 3.39. The van der Waals surface area contributed by atoms with Crippen molar-refractivity contribution in [2.75, 3.05) is 31.8 Å². The van der Waals surface area contributed by atoms with Gasteiger partial charge in [0.1, 0.15) is 15.6 Å². The third kappa shape index (κ3) is 3.18. The number of carbonyl (C=O) groups is 2. The summed E-state index contributed by atoms with van der Waals surface area (Å²) in [5.74, 6) is -0.250. The van der Waals surface area contributed by atoms with Crippen molar-refractivity contribution in [1.82, 2.24) is 15.2 Å². The van der Waals surface area contributed by atoms with Crippen LogP contribution in [-0.4, -0.2) is 47.7 Å². The first-order valence-corrected chi connectivity index (χ1v) is 9.50. The minimum absolute atomic E-state index is 0.000505. The van der Waals surface area contributed by atoms with E-state index in [0.717, 1.165) is 35.3 Å². The number of piperidine rings is 1. The van der Waals surface area contributed by atoms with E-state index in [9.17, 15) is 9.59 Å². The lowest BCUT2D eigenvalue weighted by atomic mass is 9.78. The maximum absolute atomic E-state index is 12.0. The van der Waals surface area contributed by atoms with E-state index in [-0.39, 0.29) is 23.1 Å². The highest BCUT2D eigenvalue weighted by Gasteiger charge is 2.36. The molecule has 0 aromatic carbocycles. The zero-order chi connectivity index (χ0) is 18.2. The largest absolute Gasteiger partial charge is 0.397 e. The molecule has 3 heterocycles. The number of carbonyl (C=O) groups excluding carboxylic acids is 2. The van der Waals surface area contributed by atoms with Crippen LogP contribution in [0.4, 0.5) is 5.69 Å². The van der Waals surface area contributed by atoms with Crippen molar-refractivity contribution in [3.63, 3.8) is 0 Å². The van der Waals surface area contributed by atoms with E-state index in [0.29, 0.717) is 17.1 Å². The van der Waals surface area contributed by atoms with Gasteiger partial charge in [-0.05, 0) is 25.0 Å². The molecule has 0 bridgehead atoms. The molecule has 8 heteroatoms. The Morgan fingerprint density at radius 2 is 2.24 bits per heavy atom. The van der Waals surface area contributed by atoms with Gasteiger partial charge in [0.05, 0.1) is 5.69 Å². The Hall–Kier alpha value is -1.86. The molecule has 1 fully saturated rings. The maximum atomic E-state index is 12.0. The number of pyridine rings is 1. The molecule has 0 saturated carbocycles. The second-order valence-corrected chi connectivity index (χ2v) is 7.85. The van der Waals surface area contributed by atoms with Gasteiger partial charge in [0.2, 0.25) is 5.91 Å². The predicted molar refractivity (Wildman–Crippen MR) is 101 cm³/mol. The Labute approximate surface area is 155 Å². The van der Waals surface area contributed by atoms with Crippen LogP contribution in [0.5, 0.6) is 0 Å². The maximum Gasteiger partial charge on any atom is 0.263 e. The van der Waals surface area contributed by atoms with Gasteiger partial charge in [-0.15, -0.1) is 22.9 Å². The lowest BCUT2D eigenvalue weighted by Crippen LogP contribution is -2.47. The standard InChI is InChI=1S/C17H21ClN4O2S/c1-17(6-3-7-22(9-17)12(23)8-18)11-5-4-10-13(19)14(15(24)20-2)25-16(10)21-11/h4-5H,3,6-9,19H2,1-2H3,(H,20,24). The average molecular weight is 381 g/mol. The van der Waals surface area contributed by atoms with Gasteiger partial charge in [-0.3, -0.25) is 9.59 Å². The smallest absolute Gasteiger partial charge is 0.263 e. The normalized spacial score (nSPS) is 20.7. The number of anilines is 1. The molecule has 6 nitrogen and oxygen atoms in total. The number of nitrogens with zero attached hydrogens (tertiary/aromatic N) is 2. The average Bonchev–Trinajstić information content (AvgIpc) is 2.96. The molecule has 1 saturated heterocycles. The van der Waals surface area contributed by atoms with Crippen molar-refractivity contribution in [3.8, 4) is 0 Å². The van der Waals surface area contributed by atoms with Crippen molar-refractivity contribution in [1.29, 1.82) is 0 Å². The van der Waals surface area contributed by atoms with Gasteiger partial charge in [0, 0.05) is 36.6 Å². The fourth-order valence-electron chi connectivity index (χ4n) is 3.36. The Bertz CT molecular complexity index is 837. The predicted octanol–water partition coefficient (Wildman–Crippen LogP) is 2.36. The quantitative estimate of drug-likeness (QED) is 0.800. The van der Waals surface area contributed by atoms with Crippen LogP contribution < -0.4 is 11.1 Å². The van der Waals surface area contributed by atoms with E-state index in [1.54, 1.807) is 11.9 Å². The Balaban J connectivity index is 1.98. The van der Waals surface area contributed by atoms with Crippen molar-refractivity contribution in [2.24, 2.45) is 0 Å². The molecule has 3 rings (SSSR count). The van der Waals surface area contributed by atoms with Crippen LogP contribution >= 0.6 is 22.9 Å². The topological polar surface area (TPSA) is 88.3 Å². The van der Waals surface area contributed by atoms with Crippen LogP contribution in [-0.2, 0) is 10.2 Å². The van der Waals surface area contributed by atoms with Crippen molar-refractivity contribution in [2.45, 2.75) is 25.2 Å². The number of alkyl halides is 1. The minimum atomic E-state index is -0.236. The molecule has 3 N–H and O–H groups in total. The molecule has 134 valence electrons. The second kappa shape index (κ2) is 6.80. The Morgan fingerprint density at radius 1 is 1.48 bits per heavy atom. The third-order valence-corrected chi connectivity index (χ3v) is 6.15. The van der Waals surface area contributed by atoms with Gasteiger partial charge in [-0.1, -0.05) is 6.92 Å². The van der Waals surface area contributed by atoms with Crippen LogP contribution in [0.3, 0.4) is 0 Å². The van der Waals surface area contributed by atoms with Crippen LogP contribution in [0.1, 0.15) is 35.1 Å². The van der Waals surface area contributed by atoms with E-state index < -0.39 is 0 Å². The van der Waals surface area contributed by atoms with E-state index >= 15 is 0 Å². The lowest BCUT2D eigenvalue weighted by Gasteiger charge is -2.40. The van der Waals surface area contributed by atoms with E-state index in [1.165, 1.54) is 11.3 Å². The van der Waals surface area contributed by atoms with Crippen molar-refractivity contribution in [3.05, 3.63) is 22.7 Å². The van der Waals surface area contributed by atoms with E-state index in [2.05, 4.69) is 12.2 Å². The summed E-state index contributed by atoms with van der Waals surface area (Å²) >= 11 is 7.00. The molecule has 1 aliphatic heterocycles. The summed E-state index contributed by atoms with van der Waals surface area (Å²) in [5.41, 5.74) is 7.24.